The van der Waals surface area contributed by atoms with Crippen molar-refractivity contribution in [2.75, 3.05) is 32.8 Å². The third-order valence-electron chi connectivity index (χ3n) is 5.99. The molecule has 29 heavy (non-hydrogen) atoms. The predicted molar refractivity (Wildman–Crippen MR) is 113 cm³/mol. The Morgan fingerprint density at radius 3 is 2.59 bits per heavy atom. The molecular weight excluding hydrogens is 364 g/mol. The van der Waals surface area contributed by atoms with Crippen LogP contribution < -0.4 is 0 Å². The van der Waals surface area contributed by atoms with Crippen molar-refractivity contribution in [1.82, 2.24) is 9.80 Å². The van der Waals surface area contributed by atoms with Gasteiger partial charge in [0.05, 0.1) is 18.8 Å². The van der Waals surface area contributed by atoms with Crippen LogP contribution in [0.1, 0.15) is 36.4 Å². The quantitative estimate of drug-likeness (QED) is 0.816. The highest BCUT2D eigenvalue weighted by molar-refractivity contribution is 5.77. The van der Waals surface area contributed by atoms with Crippen LogP contribution in [-0.4, -0.2) is 59.7 Å². The van der Waals surface area contributed by atoms with Gasteiger partial charge in [-0.15, -0.1) is 0 Å². The fourth-order valence-electron chi connectivity index (χ4n) is 4.54. The van der Waals surface area contributed by atoms with Gasteiger partial charge in [0.2, 0.25) is 5.91 Å². The number of hydrogen-bond donors (Lipinski definition) is 1. The number of hydrogen-bond acceptors (Lipinski definition) is 4. The first-order valence-corrected chi connectivity index (χ1v) is 10.7. The second kappa shape index (κ2) is 9.42. The zero-order valence-electron chi connectivity index (χ0n) is 16.9. The summed E-state index contributed by atoms with van der Waals surface area (Å²) in [5, 5.41) is 9.67. The molecule has 0 unspecified atom stereocenters. The van der Waals surface area contributed by atoms with Crippen LogP contribution in [0.3, 0.4) is 0 Å². The topological polar surface area (TPSA) is 53.0 Å². The van der Waals surface area contributed by atoms with Crippen molar-refractivity contribution in [3.05, 3.63) is 65.7 Å². The first-order chi connectivity index (χ1) is 14.2. The fraction of sp³-hybridized carbons (Fsp3) is 0.458. The standard InChI is InChI=1S/C24H30N2O3/c27-21-10-6-7-19(17-21)11-12-23(28)26-15-16-29-22(18-25-13-4-5-14-25)24(26)20-8-2-1-3-9-20/h1-3,6-10,17,22,24,27H,4-5,11-16,18H2/t22-,24-/m0/s1. The minimum absolute atomic E-state index is 0.00558. The SMILES string of the molecule is O=C(CCc1cccc(O)c1)N1CCO[C@@H](CN2CCCC2)[C@@H]1c1ccccc1. The molecule has 0 aromatic heterocycles. The number of morpholine rings is 1. The zero-order valence-corrected chi connectivity index (χ0v) is 16.9. The minimum atomic E-state index is -0.0535. The number of phenolic OH excluding ortho intramolecular Hbond substituents is 1. The lowest BCUT2D eigenvalue weighted by molar-refractivity contribution is -0.148. The number of carbonyl (C=O) groups is 1. The molecule has 2 aromatic rings. The summed E-state index contributed by atoms with van der Waals surface area (Å²) < 4.78 is 6.20. The van der Waals surface area contributed by atoms with Crippen LogP contribution in [-0.2, 0) is 16.0 Å². The molecule has 1 amide bonds. The summed E-state index contributed by atoms with van der Waals surface area (Å²) >= 11 is 0. The van der Waals surface area contributed by atoms with Gasteiger partial charge in [-0.3, -0.25) is 4.79 Å². The molecule has 0 spiro atoms. The van der Waals surface area contributed by atoms with E-state index < -0.39 is 0 Å². The maximum Gasteiger partial charge on any atom is 0.223 e. The van der Waals surface area contributed by atoms with E-state index in [-0.39, 0.29) is 23.8 Å². The number of ether oxygens (including phenoxy) is 1. The molecule has 2 heterocycles. The molecule has 5 nitrogen and oxygen atoms in total. The lowest BCUT2D eigenvalue weighted by Gasteiger charge is -2.43. The highest BCUT2D eigenvalue weighted by Gasteiger charge is 2.37. The van der Waals surface area contributed by atoms with E-state index in [0.29, 0.717) is 26.0 Å². The highest BCUT2D eigenvalue weighted by atomic mass is 16.5. The number of phenols is 1. The van der Waals surface area contributed by atoms with E-state index in [0.717, 1.165) is 30.8 Å². The van der Waals surface area contributed by atoms with Crippen molar-refractivity contribution >= 4 is 5.91 Å². The minimum Gasteiger partial charge on any atom is -0.508 e. The number of rotatable bonds is 6. The van der Waals surface area contributed by atoms with Crippen molar-refractivity contribution < 1.29 is 14.6 Å². The molecule has 4 rings (SSSR count). The molecule has 0 aliphatic carbocycles. The maximum atomic E-state index is 13.2. The Morgan fingerprint density at radius 2 is 1.83 bits per heavy atom. The van der Waals surface area contributed by atoms with E-state index in [1.807, 2.05) is 35.2 Å². The molecule has 2 saturated heterocycles. The van der Waals surface area contributed by atoms with Crippen molar-refractivity contribution in [2.45, 2.75) is 37.8 Å². The Kier molecular flexibility index (Phi) is 6.47. The third-order valence-corrected chi connectivity index (χ3v) is 5.99. The van der Waals surface area contributed by atoms with Crippen LogP contribution >= 0.6 is 0 Å². The van der Waals surface area contributed by atoms with Gasteiger partial charge in [-0.25, -0.2) is 0 Å². The molecule has 0 saturated carbocycles. The first-order valence-electron chi connectivity index (χ1n) is 10.7. The summed E-state index contributed by atoms with van der Waals surface area (Å²) in [4.78, 5) is 17.7. The molecule has 2 aliphatic heterocycles. The van der Waals surface area contributed by atoms with Crippen LogP contribution in [0.4, 0.5) is 0 Å². The van der Waals surface area contributed by atoms with E-state index in [9.17, 15) is 9.90 Å². The van der Waals surface area contributed by atoms with Gasteiger partial charge < -0.3 is 19.6 Å². The second-order valence-corrected chi connectivity index (χ2v) is 8.03. The van der Waals surface area contributed by atoms with Gasteiger partial charge in [-0.2, -0.15) is 0 Å². The van der Waals surface area contributed by atoms with Crippen molar-refractivity contribution in [2.24, 2.45) is 0 Å². The number of amides is 1. The van der Waals surface area contributed by atoms with E-state index in [1.165, 1.54) is 12.8 Å². The molecule has 154 valence electrons. The van der Waals surface area contributed by atoms with E-state index >= 15 is 0 Å². The summed E-state index contributed by atoms with van der Waals surface area (Å²) in [7, 11) is 0. The lowest BCUT2D eigenvalue weighted by Crippen LogP contribution is -2.51. The van der Waals surface area contributed by atoms with Gasteiger partial charge >= 0.3 is 0 Å². The van der Waals surface area contributed by atoms with Crippen LogP contribution in [0.2, 0.25) is 0 Å². The fourth-order valence-corrected chi connectivity index (χ4v) is 4.54. The molecule has 1 N–H and O–H groups in total. The molecule has 0 radical (unpaired) electrons. The summed E-state index contributed by atoms with van der Waals surface area (Å²) in [6, 6.07) is 17.4. The van der Waals surface area contributed by atoms with Crippen LogP contribution in [0.15, 0.2) is 54.6 Å². The van der Waals surface area contributed by atoms with Gasteiger partial charge in [-0.1, -0.05) is 42.5 Å². The van der Waals surface area contributed by atoms with Crippen LogP contribution in [0.5, 0.6) is 5.75 Å². The van der Waals surface area contributed by atoms with E-state index in [2.05, 4.69) is 17.0 Å². The Morgan fingerprint density at radius 1 is 1.03 bits per heavy atom. The first kappa shape index (κ1) is 19.9. The number of likely N-dealkylation sites (tertiary alicyclic amines) is 1. The van der Waals surface area contributed by atoms with Crippen molar-refractivity contribution in [3.8, 4) is 5.75 Å². The predicted octanol–water partition coefficient (Wildman–Crippen LogP) is 3.39. The molecule has 2 aliphatic rings. The Hall–Kier alpha value is -2.37. The average Bonchev–Trinajstić information content (AvgIpc) is 3.26. The number of aromatic hydroxyl groups is 1. The summed E-state index contributed by atoms with van der Waals surface area (Å²) in [5.41, 5.74) is 2.12. The molecule has 2 fully saturated rings. The summed E-state index contributed by atoms with van der Waals surface area (Å²) in [6.07, 6.45) is 3.55. The second-order valence-electron chi connectivity index (χ2n) is 8.03. The molecule has 2 aromatic carbocycles. The monoisotopic (exact) mass is 394 g/mol. The van der Waals surface area contributed by atoms with E-state index in [4.69, 9.17) is 4.74 Å². The lowest BCUT2D eigenvalue weighted by atomic mass is 9.96. The van der Waals surface area contributed by atoms with E-state index in [1.54, 1.807) is 12.1 Å². The number of carbonyl (C=O) groups excluding carboxylic acids is 1. The maximum absolute atomic E-state index is 13.2. The number of nitrogens with zero attached hydrogens (tertiary/aromatic N) is 2. The Bertz CT molecular complexity index is 805. The summed E-state index contributed by atoms with van der Waals surface area (Å²) in [5.74, 6) is 0.395. The number of benzene rings is 2. The zero-order chi connectivity index (χ0) is 20.1. The highest BCUT2D eigenvalue weighted by Crippen LogP contribution is 2.31. The van der Waals surface area contributed by atoms with Gasteiger partial charge in [0, 0.05) is 19.5 Å². The number of aryl methyl sites for hydroxylation is 1. The van der Waals surface area contributed by atoms with Gasteiger partial charge in [0.1, 0.15) is 5.75 Å². The molecule has 5 heteroatoms. The van der Waals surface area contributed by atoms with Gasteiger partial charge in [-0.05, 0) is 55.6 Å². The average molecular weight is 395 g/mol. The summed E-state index contributed by atoms with van der Waals surface area (Å²) in [6.45, 7) is 4.31. The molecule has 2 atom stereocenters. The van der Waals surface area contributed by atoms with Crippen molar-refractivity contribution in [3.63, 3.8) is 0 Å². The Balaban J connectivity index is 1.50. The van der Waals surface area contributed by atoms with Crippen LogP contribution in [0.25, 0.3) is 0 Å². The molecule has 0 bridgehead atoms. The van der Waals surface area contributed by atoms with Crippen molar-refractivity contribution in [1.29, 1.82) is 0 Å². The molecular formula is C24H30N2O3. The normalized spacial score (nSPS) is 22.7. The Labute approximate surface area is 172 Å². The van der Waals surface area contributed by atoms with Gasteiger partial charge in [0.25, 0.3) is 0 Å². The van der Waals surface area contributed by atoms with Crippen LogP contribution in [0, 0.1) is 0 Å². The third kappa shape index (κ3) is 4.98. The van der Waals surface area contributed by atoms with Gasteiger partial charge in [0.15, 0.2) is 0 Å². The smallest absolute Gasteiger partial charge is 0.223 e. The largest absolute Gasteiger partial charge is 0.508 e.